The summed E-state index contributed by atoms with van der Waals surface area (Å²) in [6.45, 7) is 2.02. The topological polar surface area (TPSA) is 42.4 Å². The van der Waals surface area contributed by atoms with Crippen molar-refractivity contribution in [2.45, 2.75) is 6.92 Å². The van der Waals surface area contributed by atoms with Gasteiger partial charge >= 0.3 is 0 Å². The van der Waals surface area contributed by atoms with Crippen LogP contribution >= 0.6 is 0 Å². The van der Waals surface area contributed by atoms with E-state index in [0.29, 0.717) is 0 Å². The highest BCUT2D eigenvalue weighted by atomic mass is 16.3. The molecule has 8 rings (SSSR count). The van der Waals surface area contributed by atoms with Gasteiger partial charge in [0, 0.05) is 56.6 Å². The van der Waals surface area contributed by atoms with E-state index in [0.717, 1.165) is 77.8 Å². The first kappa shape index (κ1) is 22.6. The van der Waals surface area contributed by atoms with Crippen molar-refractivity contribution in [1.29, 1.82) is 0 Å². The summed E-state index contributed by atoms with van der Waals surface area (Å²) in [6.07, 6.45) is 1.86. The monoisotopic (exact) mass is 516 g/mol. The van der Waals surface area contributed by atoms with Crippen LogP contribution in [0.3, 0.4) is 0 Å². The van der Waals surface area contributed by atoms with Crippen molar-refractivity contribution in [3.05, 3.63) is 133 Å². The molecule has 0 aliphatic heterocycles. The van der Waals surface area contributed by atoms with Crippen LogP contribution in [0, 0.1) is 6.92 Å². The van der Waals surface area contributed by atoms with Gasteiger partial charge in [-0.3, -0.25) is 4.98 Å². The Bertz CT molecular complexity index is 2190. The van der Waals surface area contributed by atoms with Crippen LogP contribution < -0.4 is 4.90 Å². The number of rotatable bonds is 4. The van der Waals surface area contributed by atoms with Gasteiger partial charge in [-0.25, -0.2) is 0 Å². The number of pyridine rings is 1. The number of hydrogen-bond donors (Lipinski definition) is 0. The lowest BCUT2D eigenvalue weighted by atomic mass is 10.0. The number of furan rings is 2. The zero-order chi connectivity index (χ0) is 26.6. The molecule has 0 aliphatic carbocycles. The third kappa shape index (κ3) is 3.65. The van der Waals surface area contributed by atoms with E-state index in [1.807, 2.05) is 49.5 Å². The first-order valence-corrected chi connectivity index (χ1v) is 13.4. The quantitative estimate of drug-likeness (QED) is 0.233. The molecule has 5 aromatic carbocycles. The normalized spacial score (nSPS) is 11.6. The van der Waals surface area contributed by atoms with E-state index >= 15 is 0 Å². The molecule has 0 saturated carbocycles. The fraction of sp³-hybridized carbons (Fsp3) is 0.0278. The lowest BCUT2D eigenvalue weighted by molar-refractivity contribution is 0.668. The lowest BCUT2D eigenvalue weighted by Gasteiger charge is -2.25. The average molecular weight is 517 g/mol. The maximum atomic E-state index is 6.27. The van der Waals surface area contributed by atoms with Crippen LogP contribution in [0.25, 0.3) is 55.0 Å². The van der Waals surface area contributed by atoms with E-state index < -0.39 is 0 Å². The minimum Gasteiger partial charge on any atom is -0.456 e. The number of hydrogen-bond acceptors (Lipinski definition) is 4. The number of aromatic nitrogens is 1. The number of benzene rings is 5. The van der Waals surface area contributed by atoms with Gasteiger partial charge in [-0.2, -0.15) is 0 Å². The van der Waals surface area contributed by atoms with Crippen molar-refractivity contribution >= 4 is 60.9 Å². The molecule has 3 heterocycles. The molecule has 8 aromatic rings. The van der Waals surface area contributed by atoms with Crippen LogP contribution in [-0.4, -0.2) is 4.98 Å². The molecule has 0 atom stereocenters. The standard InChI is InChI=1S/C36H24N2O2/c1-23-20-25(18-19-37-23)24-10-12-26(13-11-24)38(27-15-17-35-32(21-27)30-7-3-5-9-34(30)39-35)28-14-16-31-29-6-2-4-8-33(29)40-36(31)22-28/h2-22H,1H3. The zero-order valence-electron chi connectivity index (χ0n) is 21.8. The number of anilines is 3. The molecule has 0 radical (unpaired) electrons. The minimum absolute atomic E-state index is 0.863. The summed E-state index contributed by atoms with van der Waals surface area (Å²) in [5.74, 6) is 0. The van der Waals surface area contributed by atoms with Gasteiger partial charge in [-0.1, -0.05) is 48.5 Å². The molecule has 0 fully saturated rings. The van der Waals surface area contributed by atoms with Crippen molar-refractivity contribution in [2.75, 3.05) is 4.90 Å². The van der Waals surface area contributed by atoms with Crippen LogP contribution in [-0.2, 0) is 0 Å². The van der Waals surface area contributed by atoms with E-state index in [9.17, 15) is 0 Å². The smallest absolute Gasteiger partial charge is 0.137 e. The number of aryl methyl sites for hydroxylation is 1. The molecule has 0 aliphatic rings. The van der Waals surface area contributed by atoms with Crippen LogP contribution in [0.5, 0.6) is 0 Å². The Balaban J connectivity index is 1.31. The van der Waals surface area contributed by atoms with E-state index in [1.54, 1.807) is 0 Å². The second kappa shape index (κ2) is 8.85. The summed E-state index contributed by atoms with van der Waals surface area (Å²) in [5.41, 5.74) is 9.95. The predicted octanol–water partition coefficient (Wildman–Crippen LogP) is 10.3. The second-order valence-corrected chi connectivity index (χ2v) is 10.1. The Kier molecular flexibility index (Phi) is 5.01. The molecular formula is C36H24N2O2. The van der Waals surface area contributed by atoms with Gasteiger partial charge in [-0.15, -0.1) is 0 Å². The highest BCUT2D eigenvalue weighted by Gasteiger charge is 2.17. The van der Waals surface area contributed by atoms with Gasteiger partial charge in [-0.05, 0) is 84.8 Å². The van der Waals surface area contributed by atoms with Crippen LogP contribution in [0.1, 0.15) is 5.69 Å². The molecule has 0 bridgehead atoms. The van der Waals surface area contributed by atoms with Crippen molar-refractivity contribution in [3.63, 3.8) is 0 Å². The van der Waals surface area contributed by atoms with Crippen LogP contribution in [0.15, 0.2) is 136 Å². The van der Waals surface area contributed by atoms with E-state index in [2.05, 4.69) is 94.8 Å². The Morgan fingerprint density at radius 3 is 1.85 bits per heavy atom. The van der Waals surface area contributed by atoms with E-state index in [4.69, 9.17) is 8.83 Å². The van der Waals surface area contributed by atoms with Gasteiger partial charge in [0.15, 0.2) is 0 Å². The largest absolute Gasteiger partial charge is 0.456 e. The Morgan fingerprint density at radius 2 is 1.07 bits per heavy atom. The van der Waals surface area contributed by atoms with Crippen LogP contribution in [0.2, 0.25) is 0 Å². The molecular weight excluding hydrogens is 492 g/mol. The maximum Gasteiger partial charge on any atom is 0.137 e. The fourth-order valence-electron chi connectivity index (χ4n) is 5.68. The Hall–Kier alpha value is -5.35. The SMILES string of the molecule is Cc1cc(-c2ccc(N(c3ccc4c(c3)oc3ccccc34)c3ccc4oc5ccccc5c4c3)cc2)ccn1. The molecule has 0 saturated heterocycles. The molecule has 0 spiro atoms. The average Bonchev–Trinajstić information content (AvgIpc) is 3.55. The van der Waals surface area contributed by atoms with Crippen molar-refractivity contribution in [2.24, 2.45) is 0 Å². The molecule has 0 unspecified atom stereocenters. The van der Waals surface area contributed by atoms with Gasteiger partial charge in [0.05, 0.1) is 0 Å². The minimum atomic E-state index is 0.863. The maximum absolute atomic E-state index is 6.27. The summed E-state index contributed by atoms with van der Waals surface area (Å²) >= 11 is 0. The Morgan fingerprint density at radius 1 is 0.475 bits per heavy atom. The first-order chi connectivity index (χ1) is 19.7. The summed E-state index contributed by atoms with van der Waals surface area (Å²) in [5, 5.41) is 4.43. The highest BCUT2D eigenvalue weighted by Crippen LogP contribution is 2.41. The number of para-hydroxylation sites is 2. The molecule has 4 heteroatoms. The zero-order valence-corrected chi connectivity index (χ0v) is 21.8. The molecule has 3 aromatic heterocycles. The van der Waals surface area contributed by atoms with E-state index in [1.165, 1.54) is 0 Å². The molecule has 190 valence electrons. The van der Waals surface area contributed by atoms with Crippen molar-refractivity contribution in [3.8, 4) is 11.1 Å². The summed E-state index contributed by atoms with van der Waals surface area (Å²) in [7, 11) is 0. The van der Waals surface area contributed by atoms with Crippen LogP contribution in [0.4, 0.5) is 17.1 Å². The van der Waals surface area contributed by atoms with Gasteiger partial charge in [0.2, 0.25) is 0 Å². The molecule has 40 heavy (non-hydrogen) atoms. The summed E-state index contributed by atoms with van der Waals surface area (Å²) < 4.78 is 12.4. The Labute approximate surface area is 230 Å². The number of fused-ring (bicyclic) bond motifs is 6. The van der Waals surface area contributed by atoms with Crippen molar-refractivity contribution in [1.82, 2.24) is 4.98 Å². The van der Waals surface area contributed by atoms with Gasteiger partial charge in [0.1, 0.15) is 22.3 Å². The predicted molar refractivity (Wildman–Crippen MR) is 164 cm³/mol. The molecule has 0 N–H and O–H groups in total. The summed E-state index contributed by atoms with van der Waals surface area (Å²) in [4.78, 5) is 6.62. The summed E-state index contributed by atoms with van der Waals surface area (Å²) in [6, 6.07) is 42.1. The van der Waals surface area contributed by atoms with Crippen molar-refractivity contribution < 1.29 is 8.83 Å². The second-order valence-electron chi connectivity index (χ2n) is 10.1. The van der Waals surface area contributed by atoms with Gasteiger partial charge in [0.25, 0.3) is 0 Å². The molecule has 4 nitrogen and oxygen atoms in total. The fourth-order valence-corrected chi connectivity index (χ4v) is 5.68. The van der Waals surface area contributed by atoms with E-state index in [-0.39, 0.29) is 0 Å². The van der Waals surface area contributed by atoms with Gasteiger partial charge < -0.3 is 13.7 Å². The first-order valence-electron chi connectivity index (χ1n) is 13.4. The third-order valence-electron chi connectivity index (χ3n) is 7.59. The highest BCUT2D eigenvalue weighted by molar-refractivity contribution is 6.08. The third-order valence-corrected chi connectivity index (χ3v) is 7.59. The molecule has 0 amide bonds. The lowest BCUT2D eigenvalue weighted by Crippen LogP contribution is -2.09. The number of nitrogens with zero attached hydrogens (tertiary/aromatic N) is 2.